The standard InChI is InChI=1S/C21H25F3N4O2S/c22-21(23,24)17-3-1-4-19(15-17)27-13-11-26(12-14-27)18-6-9-28(10-7-18)31(29,30)20-5-2-8-25-16-20/h1-5,8,15-16,18H,6-7,9-14H2. The number of alkyl halides is 3. The molecule has 2 saturated heterocycles. The van der Waals surface area contributed by atoms with Crippen molar-refractivity contribution in [3.63, 3.8) is 0 Å². The molecule has 0 atom stereocenters. The van der Waals surface area contributed by atoms with E-state index in [0.717, 1.165) is 32.0 Å². The minimum atomic E-state index is -4.35. The SMILES string of the molecule is O=S(=O)(c1cccnc1)N1CCC(N2CCN(c3cccc(C(F)(F)F)c3)CC2)CC1. The number of hydrogen-bond acceptors (Lipinski definition) is 5. The normalized spacial score (nSPS) is 20.2. The summed E-state index contributed by atoms with van der Waals surface area (Å²) in [5, 5.41) is 0. The maximum Gasteiger partial charge on any atom is 0.416 e. The predicted molar refractivity (Wildman–Crippen MR) is 111 cm³/mol. The van der Waals surface area contributed by atoms with Gasteiger partial charge in [-0.05, 0) is 43.2 Å². The van der Waals surface area contributed by atoms with Crippen molar-refractivity contribution in [1.82, 2.24) is 14.2 Å². The number of benzene rings is 1. The van der Waals surface area contributed by atoms with Crippen LogP contribution >= 0.6 is 0 Å². The van der Waals surface area contributed by atoms with Gasteiger partial charge in [0.2, 0.25) is 10.0 Å². The fraction of sp³-hybridized carbons (Fsp3) is 0.476. The molecule has 1 aromatic carbocycles. The van der Waals surface area contributed by atoms with Crippen LogP contribution in [0.3, 0.4) is 0 Å². The van der Waals surface area contributed by atoms with E-state index in [2.05, 4.69) is 9.88 Å². The molecular formula is C21H25F3N4O2S. The van der Waals surface area contributed by atoms with Crippen LogP contribution in [0.1, 0.15) is 18.4 Å². The van der Waals surface area contributed by atoms with Crippen molar-refractivity contribution < 1.29 is 21.6 Å². The molecule has 0 spiro atoms. The van der Waals surface area contributed by atoms with E-state index in [1.807, 2.05) is 4.90 Å². The van der Waals surface area contributed by atoms with Gasteiger partial charge >= 0.3 is 6.18 Å². The maximum absolute atomic E-state index is 13.0. The van der Waals surface area contributed by atoms with Crippen LogP contribution in [0.15, 0.2) is 53.7 Å². The van der Waals surface area contributed by atoms with E-state index in [1.165, 1.54) is 22.6 Å². The van der Waals surface area contributed by atoms with E-state index in [4.69, 9.17) is 0 Å². The second-order valence-electron chi connectivity index (χ2n) is 7.90. The molecule has 1 aromatic heterocycles. The fourth-order valence-electron chi connectivity index (χ4n) is 4.32. The third kappa shape index (κ3) is 4.86. The van der Waals surface area contributed by atoms with Gasteiger partial charge < -0.3 is 4.90 Å². The van der Waals surface area contributed by atoms with Crippen molar-refractivity contribution >= 4 is 15.7 Å². The zero-order valence-electron chi connectivity index (χ0n) is 17.0. The topological polar surface area (TPSA) is 56.8 Å². The van der Waals surface area contributed by atoms with E-state index in [9.17, 15) is 21.6 Å². The Morgan fingerprint density at radius 2 is 1.65 bits per heavy atom. The van der Waals surface area contributed by atoms with Gasteiger partial charge in [0.15, 0.2) is 0 Å². The molecule has 2 aliphatic heterocycles. The average Bonchev–Trinajstić information content (AvgIpc) is 2.79. The van der Waals surface area contributed by atoms with Gasteiger partial charge in [-0.2, -0.15) is 17.5 Å². The minimum Gasteiger partial charge on any atom is -0.369 e. The van der Waals surface area contributed by atoms with Gasteiger partial charge in [0, 0.05) is 63.4 Å². The van der Waals surface area contributed by atoms with Crippen molar-refractivity contribution in [1.29, 1.82) is 0 Å². The first kappa shape index (κ1) is 22.0. The molecule has 0 saturated carbocycles. The molecule has 0 radical (unpaired) electrons. The number of rotatable bonds is 4. The highest BCUT2D eigenvalue weighted by Gasteiger charge is 2.34. The van der Waals surface area contributed by atoms with E-state index >= 15 is 0 Å². The van der Waals surface area contributed by atoms with Gasteiger partial charge in [-0.1, -0.05) is 6.07 Å². The lowest BCUT2D eigenvalue weighted by atomic mass is 10.0. The van der Waals surface area contributed by atoms with E-state index < -0.39 is 21.8 Å². The van der Waals surface area contributed by atoms with Crippen molar-refractivity contribution in [2.45, 2.75) is 30.0 Å². The average molecular weight is 455 g/mol. The summed E-state index contributed by atoms with van der Waals surface area (Å²) in [4.78, 5) is 8.43. The summed E-state index contributed by atoms with van der Waals surface area (Å²) in [5.74, 6) is 0. The zero-order chi connectivity index (χ0) is 22.1. The van der Waals surface area contributed by atoms with Gasteiger partial charge in [-0.15, -0.1) is 0 Å². The van der Waals surface area contributed by atoms with Crippen LogP contribution in [0.25, 0.3) is 0 Å². The maximum atomic E-state index is 13.0. The summed E-state index contributed by atoms with van der Waals surface area (Å²) in [5.41, 5.74) is -0.0403. The van der Waals surface area contributed by atoms with Gasteiger partial charge in [0.1, 0.15) is 4.90 Å². The van der Waals surface area contributed by atoms with Gasteiger partial charge in [0.05, 0.1) is 5.56 Å². The first-order valence-corrected chi connectivity index (χ1v) is 11.8. The quantitative estimate of drug-likeness (QED) is 0.711. The molecule has 2 aliphatic rings. The number of piperazine rings is 1. The van der Waals surface area contributed by atoms with Crippen LogP contribution in [0.2, 0.25) is 0 Å². The number of piperidine rings is 1. The number of halogens is 3. The number of nitrogens with zero attached hydrogens (tertiary/aromatic N) is 4. The van der Waals surface area contributed by atoms with Crippen LogP contribution in [-0.4, -0.2) is 67.9 Å². The Bertz CT molecular complexity index is 985. The third-order valence-corrected chi connectivity index (χ3v) is 7.95. The molecule has 4 rings (SSSR count). The molecule has 0 aliphatic carbocycles. The lowest BCUT2D eigenvalue weighted by Gasteiger charge is -2.43. The lowest BCUT2D eigenvalue weighted by molar-refractivity contribution is -0.137. The van der Waals surface area contributed by atoms with Gasteiger partial charge in [0.25, 0.3) is 0 Å². The van der Waals surface area contributed by atoms with E-state index in [1.54, 1.807) is 24.4 Å². The largest absolute Gasteiger partial charge is 0.416 e. The summed E-state index contributed by atoms with van der Waals surface area (Å²) in [6.45, 7) is 3.70. The highest BCUT2D eigenvalue weighted by atomic mass is 32.2. The van der Waals surface area contributed by atoms with Crippen LogP contribution in [0, 0.1) is 0 Å². The molecule has 0 bridgehead atoms. The van der Waals surface area contributed by atoms with E-state index in [-0.39, 0.29) is 10.9 Å². The molecule has 10 heteroatoms. The smallest absolute Gasteiger partial charge is 0.369 e. The number of hydrogen-bond donors (Lipinski definition) is 0. The third-order valence-electron chi connectivity index (χ3n) is 6.06. The molecule has 31 heavy (non-hydrogen) atoms. The molecule has 0 amide bonds. The first-order valence-electron chi connectivity index (χ1n) is 10.3. The van der Waals surface area contributed by atoms with Crippen molar-refractivity contribution in [2.24, 2.45) is 0 Å². The van der Waals surface area contributed by atoms with Crippen LogP contribution in [0.4, 0.5) is 18.9 Å². The van der Waals surface area contributed by atoms with Gasteiger partial charge in [-0.25, -0.2) is 8.42 Å². The molecule has 0 unspecified atom stereocenters. The Kier molecular flexibility index (Phi) is 6.23. The summed E-state index contributed by atoms with van der Waals surface area (Å²) < 4.78 is 66.0. The number of pyridine rings is 1. The fourth-order valence-corrected chi connectivity index (χ4v) is 5.75. The molecule has 168 valence electrons. The molecular weight excluding hydrogens is 429 g/mol. The summed E-state index contributed by atoms with van der Waals surface area (Å²) >= 11 is 0. The second kappa shape index (κ2) is 8.76. The predicted octanol–water partition coefficient (Wildman–Crippen LogP) is 3.08. The van der Waals surface area contributed by atoms with Crippen molar-refractivity contribution in [3.05, 3.63) is 54.4 Å². The lowest BCUT2D eigenvalue weighted by Crippen LogP contribution is -2.53. The van der Waals surface area contributed by atoms with Crippen molar-refractivity contribution in [3.8, 4) is 0 Å². The van der Waals surface area contributed by atoms with Crippen LogP contribution in [0.5, 0.6) is 0 Å². The van der Waals surface area contributed by atoms with E-state index in [0.29, 0.717) is 31.9 Å². The molecule has 3 heterocycles. The van der Waals surface area contributed by atoms with Gasteiger partial charge in [-0.3, -0.25) is 9.88 Å². The van der Waals surface area contributed by atoms with Crippen LogP contribution < -0.4 is 4.90 Å². The Morgan fingerprint density at radius 1 is 0.935 bits per heavy atom. The minimum absolute atomic E-state index is 0.211. The number of anilines is 1. The monoisotopic (exact) mass is 454 g/mol. The molecule has 6 nitrogen and oxygen atoms in total. The zero-order valence-corrected chi connectivity index (χ0v) is 17.8. The summed E-state index contributed by atoms with van der Waals surface area (Å²) in [6, 6.07) is 8.91. The Balaban J connectivity index is 1.32. The molecule has 2 aromatic rings. The second-order valence-corrected chi connectivity index (χ2v) is 9.83. The Labute approximate surface area is 180 Å². The summed E-state index contributed by atoms with van der Waals surface area (Å²) in [6.07, 6.45) is 0.0484. The molecule has 0 N–H and O–H groups in total. The first-order chi connectivity index (χ1) is 14.7. The van der Waals surface area contributed by atoms with Crippen molar-refractivity contribution in [2.75, 3.05) is 44.2 Å². The summed E-state index contributed by atoms with van der Waals surface area (Å²) in [7, 11) is -3.52. The molecule has 2 fully saturated rings. The number of aromatic nitrogens is 1. The Morgan fingerprint density at radius 3 is 2.26 bits per heavy atom. The number of sulfonamides is 1. The highest BCUT2D eigenvalue weighted by Crippen LogP contribution is 2.32. The highest BCUT2D eigenvalue weighted by molar-refractivity contribution is 7.89. The Hall–Kier alpha value is -2.17. The van der Waals surface area contributed by atoms with Crippen LogP contribution in [-0.2, 0) is 16.2 Å².